The van der Waals surface area contributed by atoms with Crippen LogP contribution in [0, 0.1) is 0 Å². The predicted octanol–water partition coefficient (Wildman–Crippen LogP) is 17.5. The fourth-order valence-electron chi connectivity index (χ4n) is 9.23. The molecule has 63 heavy (non-hydrogen) atoms. The van der Waals surface area contributed by atoms with Gasteiger partial charge < -0.3 is 4.90 Å². The highest BCUT2D eigenvalue weighted by Gasteiger charge is 2.21. The molecule has 0 fully saturated rings. The van der Waals surface area contributed by atoms with Crippen molar-refractivity contribution in [1.29, 1.82) is 0 Å². The Kier molecular flexibility index (Phi) is 9.97. The number of hydrogen-bond acceptors (Lipinski definition) is 1. The molecule has 0 bridgehead atoms. The molecule has 0 saturated heterocycles. The third kappa shape index (κ3) is 7.26. The average molecular weight is 802 g/mol. The highest BCUT2D eigenvalue weighted by Crippen LogP contribution is 2.47. The molecule has 1 heteroatoms. The second-order valence-corrected chi connectivity index (χ2v) is 16.0. The maximum atomic E-state index is 2.40. The van der Waals surface area contributed by atoms with Crippen LogP contribution in [0.5, 0.6) is 0 Å². The van der Waals surface area contributed by atoms with Crippen LogP contribution in [0.3, 0.4) is 0 Å². The van der Waals surface area contributed by atoms with Crippen LogP contribution in [0.4, 0.5) is 17.1 Å². The van der Waals surface area contributed by atoms with Crippen molar-refractivity contribution in [3.63, 3.8) is 0 Å². The van der Waals surface area contributed by atoms with Gasteiger partial charge in [-0.25, -0.2) is 0 Å². The van der Waals surface area contributed by atoms with Crippen molar-refractivity contribution < 1.29 is 0 Å². The Morgan fingerprint density at radius 1 is 0.206 bits per heavy atom. The van der Waals surface area contributed by atoms with Gasteiger partial charge in [0, 0.05) is 16.9 Å². The van der Waals surface area contributed by atoms with E-state index in [4.69, 9.17) is 0 Å². The van der Waals surface area contributed by atoms with E-state index in [-0.39, 0.29) is 0 Å². The molecule has 11 rings (SSSR count). The van der Waals surface area contributed by atoms with E-state index in [1.165, 1.54) is 88.3 Å². The first kappa shape index (κ1) is 37.7. The summed E-state index contributed by atoms with van der Waals surface area (Å²) in [6.45, 7) is 0. The van der Waals surface area contributed by atoms with Crippen LogP contribution >= 0.6 is 0 Å². The number of anilines is 3. The van der Waals surface area contributed by atoms with E-state index >= 15 is 0 Å². The molecule has 0 aromatic heterocycles. The Morgan fingerprint density at radius 2 is 0.556 bits per heavy atom. The summed E-state index contributed by atoms with van der Waals surface area (Å²) < 4.78 is 0. The summed E-state index contributed by atoms with van der Waals surface area (Å²) in [6, 6.07) is 94.6. The molecule has 11 aromatic carbocycles. The van der Waals surface area contributed by atoms with Gasteiger partial charge in [0.15, 0.2) is 0 Å². The van der Waals surface area contributed by atoms with Gasteiger partial charge in [0.2, 0.25) is 0 Å². The maximum Gasteiger partial charge on any atom is 0.0540 e. The van der Waals surface area contributed by atoms with E-state index in [9.17, 15) is 0 Å². The zero-order chi connectivity index (χ0) is 42.0. The molecule has 1 nitrogen and oxygen atoms in total. The van der Waals surface area contributed by atoms with Gasteiger partial charge in [0.1, 0.15) is 0 Å². The van der Waals surface area contributed by atoms with Crippen LogP contribution in [0.25, 0.3) is 88.3 Å². The van der Waals surface area contributed by atoms with Crippen LogP contribution in [0.2, 0.25) is 0 Å². The molecule has 0 amide bonds. The van der Waals surface area contributed by atoms with Gasteiger partial charge in [-0.2, -0.15) is 0 Å². The third-order valence-corrected chi connectivity index (χ3v) is 12.3. The summed E-state index contributed by atoms with van der Waals surface area (Å²) >= 11 is 0. The smallest absolute Gasteiger partial charge is 0.0540 e. The normalized spacial score (nSPS) is 11.2. The summed E-state index contributed by atoms with van der Waals surface area (Å²) in [6.07, 6.45) is 0. The van der Waals surface area contributed by atoms with E-state index in [1.54, 1.807) is 0 Å². The topological polar surface area (TPSA) is 3.24 Å². The third-order valence-electron chi connectivity index (χ3n) is 12.3. The Bertz CT molecular complexity index is 3320. The molecule has 0 aliphatic rings. The lowest BCUT2D eigenvalue weighted by atomic mass is 9.84. The SMILES string of the molecule is c1ccc(-c2ccc(N(c3ccc(-c4ccc5c(-c6ccccc6)c(-c6ccccc6)c6ccccc6c5c4)cc3)c3ccc(-c4ccccc4)cc3-c3ccccc3)cc2)cc1. The molecule has 0 unspecified atom stereocenters. The molecule has 0 saturated carbocycles. The number of hydrogen-bond donors (Lipinski definition) is 0. The average Bonchev–Trinajstić information content (AvgIpc) is 3.37. The van der Waals surface area contributed by atoms with E-state index in [1.807, 2.05) is 0 Å². The number of benzene rings is 11. The minimum atomic E-state index is 1.08. The van der Waals surface area contributed by atoms with Crippen LogP contribution < -0.4 is 4.90 Å². The van der Waals surface area contributed by atoms with Crippen molar-refractivity contribution >= 4 is 38.6 Å². The van der Waals surface area contributed by atoms with Crippen LogP contribution in [0.15, 0.2) is 261 Å². The second-order valence-electron chi connectivity index (χ2n) is 16.0. The predicted molar refractivity (Wildman–Crippen MR) is 269 cm³/mol. The van der Waals surface area contributed by atoms with Crippen LogP contribution in [0.1, 0.15) is 0 Å². The molecular weight excluding hydrogens is 759 g/mol. The Hall–Kier alpha value is -8.26. The molecule has 296 valence electrons. The lowest BCUT2D eigenvalue weighted by Gasteiger charge is -2.29. The Balaban J connectivity index is 1.06. The summed E-state index contributed by atoms with van der Waals surface area (Å²) in [5.74, 6) is 0. The minimum Gasteiger partial charge on any atom is -0.310 e. The molecule has 0 aliphatic heterocycles. The van der Waals surface area contributed by atoms with Gasteiger partial charge in [-0.05, 0) is 125 Å². The van der Waals surface area contributed by atoms with Crippen molar-refractivity contribution in [3.8, 4) is 66.8 Å². The first-order valence-corrected chi connectivity index (χ1v) is 21.7. The van der Waals surface area contributed by atoms with Gasteiger partial charge in [0.25, 0.3) is 0 Å². The van der Waals surface area contributed by atoms with Gasteiger partial charge in [-0.1, -0.05) is 218 Å². The summed E-state index contributed by atoms with van der Waals surface area (Å²) in [5.41, 5.74) is 17.7. The summed E-state index contributed by atoms with van der Waals surface area (Å²) in [7, 11) is 0. The second kappa shape index (κ2) is 16.7. The van der Waals surface area contributed by atoms with E-state index in [0.717, 1.165) is 17.1 Å². The van der Waals surface area contributed by atoms with Gasteiger partial charge in [-0.3, -0.25) is 0 Å². The Labute approximate surface area is 369 Å². The van der Waals surface area contributed by atoms with Crippen molar-refractivity contribution in [3.05, 3.63) is 261 Å². The quantitative estimate of drug-likeness (QED) is 0.131. The van der Waals surface area contributed by atoms with Crippen molar-refractivity contribution in [2.24, 2.45) is 0 Å². The first-order valence-electron chi connectivity index (χ1n) is 21.7. The highest BCUT2D eigenvalue weighted by molar-refractivity contribution is 6.22. The van der Waals surface area contributed by atoms with E-state index < -0.39 is 0 Å². The highest BCUT2D eigenvalue weighted by atomic mass is 15.1. The fourth-order valence-corrected chi connectivity index (χ4v) is 9.23. The molecular formula is C62H43N. The molecule has 0 N–H and O–H groups in total. The molecule has 0 spiro atoms. The maximum absolute atomic E-state index is 2.40. The largest absolute Gasteiger partial charge is 0.310 e. The van der Waals surface area contributed by atoms with E-state index in [2.05, 4.69) is 266 Å². The number of rotatable bonds is 9. The minimum absolute atomic E-state index is 1.08. The van der Waals surface area contributed by atoms with Crippen LogP contribution in [-0.2, 0) is 0 Å². The molecule has 0 heterocycles. The van der Waals surface area contributed by atoms with Crippen molar-refractivity contribution in [2.75, 3.05) is 4.90 Å². The zero-order valence-corrected chi connectivity index (χ0v) is 34.8. The summed E-state index contributed by atoms with van der Waals surface area (Å²) in [4.78, 5) is 2.40. The monoisotopic (exact) mass is 801 g/mol. The Morgan fingerprint density at radius 3 is 1.08 bits per heavy atom. The van der Waals surface area contributed by atoms with Gasteiger partial charge >= 0.3 is 0 Å². The molecule has 0 atom stereocenters. The first-order chi connectivity index (χ1) is 31.3. The lowest BCUT2D eigenvalue weighted by Crippen LogP contribution is -2.11. The number of fused-ring (bicyclic) bond motifs is 3. The standard InChI is InChI=1S/C62H43N/c1-6-18-44(19-7-1)46-30-36-53(37-31-46)63(60-41-35-52(45-20-8-2-9-21-45)42-58(60)48-22-10-3-11-23-48)54-38-32-47(33-39-54)51-34-40-57-59(43-51)55-28-16-17-29-56(55)61(49-24-12-4-13-25-49)62(57)50-26-14-5-15-27-50/h1-43H. The fraction of sp³-hybridized carbons (Fsp3) is 0. The van der Waals surface area contributed by atoms with E-state index in [0.29, 0.717) is 0 Å². The summed E-state index contributed by atoms with van der Waals surface area (Å²) in [5, 5.41) is 5.00. The van der Waals surface area contributed by atoms with Gasteiger partial charge in [-0.15, -0.1) is 0 Å². The zero-order valence-electron chi connectivity index (χ0n) is 34.8. The van der Waals surface area contributed by atoms with Crippen LogP contribution in [-0.4, -0.2) is 0 Å². The molecule has 11 aromatic rings. The molecule has 0 aliphatic carbocycles. The van der Waals surface area contributed by atoms with Crippen molar-refractivity contribution in [2.45, 2.75) is 0 Å². The van der Waals surface area contributed by atoms with Gasteiger partial charge in [0.05, 0.1) is 5.69 Å². The molecule has 0 radical (unpaired) electrons. The number of nitrogens with zero attached hydrogens (tertiary/aromatic N) is 1. The lowest BCUT2D eigenvalue weighted by molar-refractivity contribution is 1.28. The van der Waals surface area contributed by atoms with Crippen molar-refractivity contribution in [1.82, 2.24) is 0 Å².